The highest BCUT2D eigenvalue weighted by Crippen LogP contribution is 2.49. The molecule has 1 aromatic carbocycles. The number of aromatic nitrogens is 2. The molecule has 0 aliphatic heterocycles. The standard InChI is InChI=1S/C14H13ClN2O/c1-17-13(12(15)8-16-17)14(18)11-7-10(11)9-5-3-2-4-6-9/h2-6,8,10-11H,7H2,1H3. The average molecular weight is 261 g/mol. The second-order valence-corrected chi connectivity index (χ2v) is 5.10. The van der Waals surface area contributed by atoms with Crippen LogP contribution in [0, 0.1) is 5.92 Å². The van der Waals surface area contributed by atoms with Gasteiger partial charge in [-0.05, 0) is 17.9 Å². The topological polar surface area (TPSA) is 34.9 Å². The predicted molar refractivity (Wildman–Crippen MR) is 69.8 cm³/mol. The third-order valence-corrected chi connectivity index (χ3v) is 3.76. The first-order valence-corrected chi connectivity index (χ1v) is 6.33. The van der Waals surface area contributed by atoms with Crippen LogP contribution in [-0.2, 0) is 7.05 Å². The fourth-order valence-corrected chi connectivity index (χ4v) is 2.68. The molecule has 0 amide bonds. The Morgan fingerprint density at radius 3 is 2.72 bits per heavy atom. The lowest BCUT2D eigenvalue weighted by Gasteiger charge is -2.02. The Morgan fingerprint density at radius 2 is 2.11 bits per heavy atom. The van der Waals surface area contributed by atoms with Gasteiger partial charge in [0.05, 0.1) is 11.2 Å². The number of benzene rings is 1. The van der Waals surface area contributed by atoms with Crippen LogP contribution in [0.5, 0.6) is 0 Å². The van der Waals surface area contributed by atoms with Gasteiger partial charge in [-0.1, -0.05) is 41.9 Å². The molecule has 2 aromatic rings. The van der Waals surface area contributed by atoms with E-state index in [1.54, 1.807) is 11.7 Å². The van der Waals surface area contributed by atoms with E-state index >= 15 is 0 Å². The Kier molecular flexibility index (Phi) is 2.71. The van der Waals surface area contributed by atoms with Crippen molar-refractivity contribution in [2.45, 2.75) is 12.3 Å². The van der Waals surface area contributed by atoms with Crippen molar-refractivity contribution in [3.63, 3.8) is 0 Å². The number of aryl methyl sites for hydroxylation is 1. The van der Waals surface area contributed by atoms with Crippen LogP contribution in [0.4, 0.5) is 0 Å². The molecule has 1 saturated carbocycles. The fourth-order valence-electron chi connectivity index (χ4n) is 2.42. The van der Waals surface area contributed by atoms with E-state index in [9.17, 15) is 4.79 Å². The van der Waals surface area contributed by atoms with Crippen LogP contribution in [0.3, 0.4) is 0 Å². The number of ketones is 1. The Hall–Kier alpha value is -1.61. The molecule has 4 heteroatoms. The largest absolute Gasteiger partial charge is 0.292 e. The molecule has 0 radical (unpaired) electrons. The van der Waals surface area contributed by atoms with Crippen molar-refractivity contribution < 1.29 is 4.79 Å². The molecule has 1 aliphatic rings. The molecule has 18 heavy (non-hydrogen) atoms. The molecule has 2 unspecified atom stereocenters. The van der Waals surface area contributed by atoms with Gasteiger partial charge in [-0.25, -0.2) is 0 Å². The lowest BCUT2D eigenvalue weighted by atomic mass is 10.1. The van der Waals surface area contributed by atoms with Gasteiger partial charge in [0, 0.05) is 13.0 Å². The lowest BCUT2D eigenvalue weighted by Crippen LogP contribution is -2.10. The summed E-state index contributed by atoms with van der Waals surface area (Å²) in [7, 11) is 1.75. The maximum absolute atomic E-state index is 12.3. The van der Waals surface area contributed by atoms with E-state index < -0.39 is 0 Å². The van der Waals surface area contributed by atoms with E-state index in [0.29, 0.717) is 16.6 Å². The minimum absolute atomic E-state index is 0.0558. The molecule has 0 spiro atoms. The molecule has 1 aromatic heterocycles. The van der Waals surface area contributed by atoms with Crippen LogP contribution < -0.4 is 0 Å². The van der Waals surface area contributed by atoms with Gasteiger partial charge in [-0.3, -0.25) is 9.48 Å². The predicted octanol–water partition coefficient (Wildman–Crippen LogP) is 3.06. The van der Waals surface area contributed by atoms with Gasteiger partial charge in [0.1, 0.15) is 5.69 Å². The highest BCUT2D eigenvalue weighted by atomic mass is 35.5. The molecular weight excluding hydrogens is 248 g/mol. The van der Waals surface area contributed by atoms with Gasteiger partial charge in [-0.15, -0.1) is 0 Å². The minimum Gasteiger partial charge on any atom is -0.292 e. The van der Waals surface area contributed by atoms with Crippen LogP contribution in [-0.4, -0.2) is 15.6 Å². The second kappa shape index (κ2) is 4.25. The fraction of sp³-hybridized carbons (Fsp3) is 0.286. The third kappa shape index (κ3) is 1.85. The van der Waals surface area contributed by atoms with Crippen LogP contribution in [0.1, 0.15) is 28.4 Å². The van der Waals surface area contributed by atoms with Crippen LogP contribution in [0.2, 0.25) is 5.02 Å². The number of Topliss-reactive ketones (excluding diaryl/α,β-unsaturated/α-hetero) is 1. The van der Waals surface area contributed by atoms with Crippen molar-refractivity contribution in [1.29, 1.82) is 0 Å². The second-order valence-electron chi connectivity index (χ2n) is 4.69. The summed E-state index contributed by atoms with van der Waals surface area (Å²) >= 11 is 6.00. The van der Waals surface area contributed by atoms with E-state index in [4.69, 9.17) is 11.6 Å². The molecule has 92 valence electrons. The number of nitrogens with zero attached hydrogens (tertiary/aromatic N) is 2. The number of halogens is 1. The summed E-state index contributed by atoms with van der Waals surface area (Å²) in [5.74, 6) is 0.499. The maximum atomic E-state index is 12.3. The van der Waals surface area contributed by atoms with E-state index in [1.807, 2.05) is 18.2 Å². The van der Waals surface area contributed by atoms with Crippen molar-refractivity contribution >= 4 is 17.4 Å². The zero-order chi connectivity index (χ0) is 12.7. The molecular formula is C14H13ClN2O. The van der Waals surface area contributed by atoms with E-state index in [0.717, 1.165) is 6.42 Å². The number of carbonyl (C=O) groups excluding carboxylic acids is 1. The zero-order valence-electron chi connectivity index (χ0n) is 10.0. The molecule has 2 atom stereocenters. The molecule has 1 heterocycles. The van der Waals surface area contributed by atoms with Crippen LogP contribution in [0.25, 0.3) is 0 Å². The zero-order valence-corrected chi connectivity index (χ0v) is 10.8. The quantitative estimate of drug-likeness (QED) is 0.795. The van der Waals surface area contributed by atoms with Gasteiger partial charge < -0.3 is 0 Å². The van der Waals surface area contributed by atoms with Gasteiger partial charge in [0.15, 0.2) is 5.78 Å². The lowest BCUT2D eigenvalue weighted by molar-refractivity contribution is 0.0956. The van der Waals surface area contributed by atoms with Crippen molar-refractivity contribution in [2.24, 2.45) is 13.0 Å². The summed E-state index contributed by atoms with van der Waals surface area (Å²) in [6.07, 6.45) is 2.43. The summed E-state index contributed by atoms with van der Waals surface area (Å²) in [6.45, 7) is 0. The number of carbonyl (C=O) groups is 1. The summed E-state index contributed by atoms with van der Waals surface area (Å²) in [5.41, 5.74) is 1.76. The van der Waals surface area contributed by atoms with Crippen LogP contribution >= 0.6 is 11.6 Å². The number of hydrogen-bond acceptors (Lipinski definition) is 2. The molecule has 0 saturated heterocycles. The Morgan fingerprint density at radius 1 is 1.39 bits per heavy atom. The van der Waals surface area contributed by atoms with Gasteiger partial charge in [0.2, 0.25) is 0 Å². The molecule has 1 aliphatic carbocycles. The normalized spacial score (nSPS) is 21.9. The maximum Gasteiger partial charge on any atom is 0.186 e. The van der Waals surface area contributed by atoms with Gasteiger partial charge >= 0.3 is 0 Å². The average Bonchev–Trinajstić information content (AvgIpc) is 3.11. The highest BCUT2D eigenvalue weighted by Gasteiger charge is 2.45. The van der Waals surface area contributed by atoms with Gasteiger partial charge in [0.25, 0.3) is 0 Å². The summed E-state index contributed by atoms with van der Waals surface area (Å²) in [6, 6.07) is 10.1. The number of rotatable bonds is 3. The Balaban J connectivity index is 1.81. The summed E-state index contributed by atoms with van der Waals surface area (Å²) in [4.78, 5) is 12.3. The smallest absolute Gasteiger partial charge is 0.186 e. The van der Waals surface area contributed by atoms with E-state index in [1.165, 1.54) is 11.8 Å². The Labute approximate surface area is 110 Å². The highest BCUT2D eigenvalue weighted by molar-refractivity contribution is 6.33. The van der Waals surface area contributed by atoms with Crippen LogP contribution in [0.15, 0.2) is 36.5 Å². The Bertz CT molecular complexity index is 572. The number of hydrogen-bond donors (Lipinski definition) is 0. The first-order chi connectivity index (χ1) is 8.68. The third-order valence-electron chi connectivity index (χ3n) is 3.48. The monoisotopic (exact) mass is 260 g/mol. The summed E-state index contributed by atoms with van der Waals surface area (Å²) < 4.78 is 1.56. The van der Waals surface area contributed by atoms with E-state index in [2.05, 4.69) is 17.2 Å². The molecule has 0 N–H and O–H groups in total. The first-order valence-electron chi connectivity index (χ1n) is 5.95. The van der Waals surface area contributed by atoms with Crippen molar-refractivity contribution in [3.8, 4) is 0 Å². The van der Waals surface area contributed by atoms with Crippen molar-refractivity contribution in [1.82, 2.24) is 9.78 Å². The summed E-state index contributed by atoms with van der Waals surface area (Å²) in [5, 5.41) is 4.45. The van der Waals surface area contributed by atoms with Crippen molar-refractivity contribution in [2.75, 3.05) is 0 Å². The molecule has 0 bridgehead atoms. The van der Waals surface area contributed by atoms with E-state index in [-0.39, 0.29) is 11.7 Å². The van der Waals surface area contributed by atoms with Crippen molar-refractivity contribution in [3.05, 3.63) is 52.8 Å². The minimum atomic E-state index is 0.0558. The molecule has 3 rings (SSSR count). The molecule has 3 nitrogen and oxygen atoms in total. The van der Waals surface area contributed by atoms with Gasteiger partial charge in [-0.2, -0.15) is 5.10 Å². The first kappa shape index (κ1) is 11.5. The SMILES string of the molecule is Cn1ncc(Cl)c1C(=O)C1CC1c1ccccc1. The molecule has 1 fully saturated rings.